The summed E-state index contributed by atoms with van der Waals surface area (Å²) < 4.78 is 28.0. The molecule has 0 fully saturated rings. The number of aryl methyl sites for hydroxylation is 1. The second-order valence-electron chi connectivity index (χ2n) is 6.90. The number of ether oxygens (including phenoxy) is 1. The Kier molecular flexibility index (Phi) is 6.20. The van der Waals surface area contributed by atoms with Crippen LogP contribution in [0.4, 0.5) is 5.00 Å². The molecule has 28 heavy (non-hydrogen) atoms. The molecule has 1 N–H and O–H groups in total. The summed E-state index contributed by atoms with van der Waals surface area (Å²) in [6.07, 6.45) is 6.19. The van der Waals surface area contributed by atoms with Gasteiger partial charge in [0.2, 0.25) is 5.91 Å². The van der Waals surface area contributed by atoms with E-state index in [1.165, 1.54) is 30.6 Å². The van der Waals surface area contributed by atoms with Crippen molar-refractivity contribution in [1.82, 2.24) is 0 Å². The maximum atomic E-state index is 12.5. The molecular weight excluding hydrogens is 398 g/mol. The molecule has 0 saturated carbocycles. The van der Waals surface area contributed by atoms with Gasteiger partial charge in [-0.2, -0.15) is 0 Å². The number of hydrogen-bond acceptors (Lipinski definition) is 6. The highest BCUT2D eigenvalue weighted by Crippen LogP contribution is 2.38. The fourth-order valence-electron chi connectivity index (χ4n) is 3.36. The minimum absolute atomic E-state index is 0.0905. The minimum atomic E-state index is -3.27. The Labute approximate surface area is 168 Å². The van der Waals surface area contributed by atoms with Crippen molar-refractivity contribution in [2.24, 2.45) is 0 Å². The molecule has 0 atom stereocenters. The fourth-order valence-corrected chi connectivity index (χ4v) is 5.28. The van der Waals surface area contributed by atoms with Crippen LogP contribution in [0.3, 0.4) is 0 Å². The summed E-state index contributed by atoms with van der Waals surface area (Å²) in [6, 6.07) is 6.23. The smallest absolute Gasteiger partial charge is 0.341 e. The Morgan fingerprint density at radius 1 is 1.11 bits per heavy atom. The molecule has 0 aliphatic heterocycles. The molecule has 0 spiro atoms. The van der Waals surface area contributed by atoms with Crippen LogP contribution in [0.25, 0.3) is 0 Å². The lowest BCUT2D eigenvalue weighted by molar-refractivity contribution is -0.115. The average Bonchev–Trinajstić information content (AvgIpc) is 2.81. The molecule has 150 valence electrons. The van der Waals surface area contributed by atoms with Crippen molar-refractivity contribution in [3.05, 3.63) is 45.8 Å². The maximum absolute atomic E-state index is 12.5. The van der Waals surface area contributed by atoms with Gasteiger partial charge >= 0.3 is 5.97 Å². The number of rotatable bonds is 5. The first-order valence-electron chi connectivity index (χ1n) is 9.11. The zero-order chi connectivity index (χ0) is 20.3. The van der Waals surface area contributed by atoms with Gasteiger partial charge in [-0.05, 0) is 48.9 Å². The highest BCUT2D eigenvalue weighted by atomic mass is 32.2. The first-order chi connectivity index (χ1) is 13.3. The van der Waals surface area contributed by atoms with Gasteiger partial charge in [0.15, 0.2) is 9.84 Å². The lowest BCUT2D eigenvalue weighted by Crippen LogP contribution is -2.16. The molecule has 1 amide bonds. The number of esters is 1. The van der Waals surface area contributed by atoms with Crippen LogP contribution in [0.5, 0.6) is 0 Å². The number of anilines is 1. The molecule has 0 saturated heterocycles. The van der Waals surface area contributed by atoms with Crippen molar-refractivity contribution in [1.29, 1.82) is 0 Å². The first kappa shape index (κ1) is 20.5. The van der Waals surface area contributed by atoms with E-state index in [1.54, 1.807) is 12.1 Å². The third-order valence-electron chi connectivity index (χ3n) is 4.78. The standard InChI is InChI=1S/C20H23NO5S2/c1-26-20(23)18-15-6-4-3-5-7-16(15)27-19(18)21-17(22)12-13-8-10-14(11-9-13)28(2,24)25/h8-11H,3-7,12H2,1-2H3,(H,21,22). The molecule has 1 aliphatic carbocycles. The van der Waals surface area contributed by atoms with Crippen LogP contribution < -0.4 is 5.32 Å². The predicted octanol–water partition coefficient (Wildman–Crippen LogP) is 3.39. The van der Waals surface area contributed by atoms with Crippen molar-refractivity contribution >= 4 is 38.1 Å². The summed E-state index contributed by atoms with van der Waals surface area (Å²) in [7, 11) is -1.92. The number of sulfone groups is 1. The van der Waals surface area contributed by atoms with Crippen LogP contribution in [0.2, 0.25) is 0 Å². The highest BCUT2D eigenvalue weighted by molar-refractivity contribution is 7.90. The topological polar surface area (TPSA) is 89.5 Å². The molecule has 1 aliphatic rings. The van der Waals surface area contributed by atoms with Gasteiger partial charge < -0.3 is 10.1 Å². The molecule has 3 rings (SSSR count). The largest absolute Gasteiger partial charge is 0.465 e. The Hall–Kier alpha value is -2.19. The summed E-state index contributed by atoms with van der Waals surface area (Å²) in [5, 5.41) is 3.40. The molecule has 0 unspecified atom stereocenters. The van der Waals surface area contributed by atoms with Crippen LogP contribution in [0, 0.1) is 0 Å². The molecule has 1 heterocycles. The van der Waals surface area contributed by atoms with Gasteiger partial charge in [-0.3, -0.25) is 4.79 Å². The average molecular weight is 422 g/mol. The van der Waals surface area contributed by atoms with Crippen LogP contribution in [0.15, 0.2) is 29.2 Å². The number of methoxy groups -OCH3 is 1. The van der Waals surface area contributed by atoms with E-state index in [-0.39, 0.29) is 17.2 Å². The van der Waals surface area contributed by atoms with Crippen molar-refractivity contribution in [3.63, 3.8) is 0 Å². The third kappa shape index (κ3) is 4.62. The fraction of sp³-hybridized carbons (Fsp3) is 0.400. The summed E-state index contributed by atoms with van der Waals surface area (Å²) >= 11 is 1.45. The Morgan fingerprint density at radius 2 is 1.79 bits per heavy atom. The Balaban J connectivity index is 1.79. The van der Waals surface area contributed by atoms with Crippen LogP contribution >= 0.6 is 11.3 Å². The molecule has 1 aromatic carbocycles. The monoisotopic (exact) mass is 421 g/mol. The van der Waals surface area contributed by atoms with E-state index in [2.05, 4.69) is 5.32 Å². The number of carbonyl (C=O) groups excluding carboxylic acids is 2. The van der Waals surface area contributed by atoms with Crippen LogP contribution in [-0.4, -0.2) is 33.7 Å². The lowest BCUT2D eigenvalue weighted by atomic mass is 10.1. The molecule has 8 heteroatoms. The van der Waals surface area contributed by atoms with Gasteiger partial charge in [0.25, 0.3) is 0 Å². The van der Waals surface area contributed by atoms with Crippen molar-refractivity contribution in [2.75, 3.05) is 18.7 Å². The van der Waals surface area contributed by atoms with Crippen LogP contribution in [-0.2, 0) is 38.6 Å². The van der Waals surface area contributed by atoms with Crippen molar-refractivity contribution < 1.29 is 22.7 Å². The highest BCUT2D eigenvalue weighted by Gasteiger charge is 2.26. The number of carbonyl (C=O) groups is 2. The minimum Gasteiger partial charge on any atom is -0.465 e. The van der Waals surface area contributed by atoms with E-state index in [0.717, 1.165) is 48.8 Å². The van der Waals surface area contributed by atoms with Gasteiger partial charge in [-0.15, -0.1) is 11.3 Å². The SMILES string of the molecule is COC(=O)c1c(NC(=O)Cc2ccc(S(C)(=O)=O)cc2)sc2c1CCCCC2. The van der Waals surface area contributed by atoms with E-state index in [0.29, 0.717) is 16.1 Å². The summed E-state index contributed by atoms with van der Waals surface area (Å²) in [4.78, 5) is 26.2. The summed E-state index contributed by atoms with van der Waals surface area (Å²) in [5.41, 5.74) is 2.18. The Morgan fingerprint density at radius 3 is 2.43 bits per heavy atom. The first-order valence-corrected chi connectivity index (χ1v) is 11.8. The van der Waals surface area contributed by atoms with E-state index in [4.69, 9.17) is 4.74 Å². The van der Waals surface area contributed by atoms with E-state index in [1.807, 2.05) is 0 Å². The van der Waals surface area contributed by atoms with E-state index in [9.17, 15) is 18.0 Å². The van der Waals surface area contributed by atoms with Gasteiger partial charge in [0.05, 0.1) is 24.0 Å². The number of hydrogen-bond donors (Lipinski definition) is 1. The lowest BCUT2D eigenvalue weighted by Gasteiger charge is -2.08. The van der Waals surface area contributed by atoms with E-state index >= 15 is 0 Å². The number of benzene rings is 1. The molecule has 0 bridgehead atoms. The number of amides is 1. The molecule has 6 nitrogen and oxygen atoms in total. The Bertz CT molecular complexity index is 990. The maximum Gasteiger partial charge on any atom is 0.341 e. The zero-order valence-electron chi connectivity index (χ0n) is 15.9. The normalized spacial score (nSPS) is 14.1. The number of fused-ring (bicyclic) bond motifs is 1. The number of nitrogens with one attached hydrogen (secondary N) is 1. The van der Waals surface area contributed by atoms with Crippen molar-refractivity contribution in [3.8, 4) is 0 Å². The van der Waals surface area contributed by atoms with Gasteiger partial charge in [-0.1, -0.05) is 18.6 Å². The molecule has 1 aromatic heterocycles. The quantitative estimate of drug-likeness (QED) is 0.590. The van der Waals surface area contributed by atoms with Crippen molar-refractivity contribution in [2.45, 2.75) is 43.4 Å². The number of thiophene rings is 1. The summed E-state index contributed by atoms with van der Waals surface area (Å²) in [5.74, 6) is -0.680. The van der Waals surface area contributed by atoms with E-state index < -0.39 is 15.8 Å². The van der Waals surface area contributed by atoms with Gasteiger partial charge in [-0.25, -0.2) is 13.2 Å². The van der Waals surface area contributed by atoms with Crippen LogP contribution in [0.1, 0.15) is 45.6 Å². The second-order valence-corrected chi connectivity index (χ2v) is 10.0. The molecule has 0 radical (unpaired) electrons. The zero-order valence-corrected chi connectivity index (χ0v) is 17.5. The molecule has 2 aromatic rings. The van der Waals surface area contributed by atoms with Gasteiger partial charge in [0, 0.05) is 11.1 Å². The second kappa shape index (κ2) is 8.45. The predicted molar refractivity (Wildman–Crippen MR) is 109 cm³/mol. The summed E-state index contributed by atoms with van der Waals surface area (Å²) in [6.45, 7) is 0. The van der Waals surface area contributed by atoms with Gasteiger partial charge in [0.1, 0.15) is 5.00 Å². The third-order valence-corrected chi connectivity index (χ3v) is 7.12. The molecular formula is C20H23NO5S2.